The minimum absolute atomic E-state index is 0.126. The van der Waals surface area contributed by atoms with Gasteiger partial charge in [0.1, 0.15) is 0 Å². The molecule has 1 aromatic rings. The molecule has 0 amide bonds. The van der Waals surface area contributed by atoms with E-state index < -0.39 is 3.92 Å². The predicted molar refractivity (Wildman–Crippen MR) is 54.2 cm³/mol. The van der Waals surface area contributed by atoms with Crippen LogP contribution in [0.5, 0.6) is 0 Å². The molecule has 0 heterocycles. The maximum absolute atomic E-state index is 11.3. The van der Waals surface area contributed by atoms with Crippen molar-refractivity contribution in [3.05, 3.63) is 35.9 Å². The Kier molecular flexibility index (Phi) is 3.23. The van der Waals surface area contributed by atoms with Gasteiger partial charge in [-0.3, -0.25) is 4.79 Å². The molecule has 0 spiro atoms. The zero-order chi connectivity index (χ0) is 8.97. The fraction of sp³-hybridized carbons (Fsp3) is 0.111. The average molecular weight is 271 g/mol. The van der Waals surface area contributed by atoms with E-state index in [1.54, 1.807) is 24.3 Å². The Bertz CT molecular complexity index is 315. The maximum atomic E-state index is 11.3. The van der Waals surface area contributed by atoms with Crippen LogP contribution >= 0.6 is 22.6 Å². The fourth-order valence-electron chi connectivity index (χ4n) is 0.807. The Balaban J connectivity index is 2.88. The van der Waals surface area contributed by atoms with Gasteiger partial charge in [-0.15, -0.1) is 0 Å². The summed E-state index contributed by atoms with van der Waals surface area (Å²) in [6.07, 6.45) is 0. The summed E-state index contributed by atoms with van der Waals surface area (Å²) in [5, 5.41) is 8.49. The summed E-state index contributed by atoms with van der Waals surface area (Å²) in [6.45, 7) is 0. The first-order valence-corrected chi connectivity index (χ1v) is 4.63. The molecule has 0 saturated heterocycles. The molecule has 0 radical (unpaired) electrons. The van der Waals surface area contributed by atoms with Gasteiger partial charge in [-0.25, -0.2) is 0 Å². The molecule has 3 heteroatoms. The van der Waals surface area contributed by atoms with Crippen molar-refractivity contribution >= 4 is 28.4 Å². The van der Waals surface area contributed by atoms with Crippen molar-refractivity contribution in [3.8, 4) is 6.07 Å². The van der Waals surface area contributed by atoms with Gasteiger partial charge in [0.15, 0.2) is 9.71 Å². The highest BCUT2D eigenvalue weighted by molar-refractivity contribution is 14.1. The second kappa shape index (κ2) is 4.21. The Morgan fingerprint density at radius 3 is 2.50 bits per heavy atom. The van der Waals surface area contributed by atoms with Gasteiger partial charge in [-0.05, 0) is 0 Å². The topological polar surface area (TPSA) is 40.9 Å². The quantitative estimate of drug-likeness (QED) is 0.470. The van der Waals surface area contributed by atoms with E-state index in [1.165, 1.54) is 0 Å². The highest BCUT2D eigenvalue weighted by Crippen LogP contribution is 2.09. The molecule has 12 heavy (non-hydrogen) atoms. The van der Waals surface area contributed by atoms with E-state index in [1.807, 2.05) is 34.7 Å². The predicted octanol–water partition coefficient (Wildman–Crippen LogP) is 2.20. The Morgan fingerprint density at radius 1 is 1.42 bits per heavy atom. The number of Topliss-reactive ketones (excluding diaryl/α,β-unsaturated/α-hetero) is 1. The summed E-state index contributed by atoms with van der Waals surface area (Å²) >= 11 is 1.82. The van der Waals surface area contributed by atoms with Gasteiger partial charge in [0, 0.05) is 5.56 Å². The van der Waals surface area contributed by atoms with Crippen LogP contribution in [0.25, 0.3) is 0 Å². The zero-order valence-electron chi connectivity index (χ0n) is 6.20. The number of carbonyl (C=O) groups excluding carboxylic acids is 1. The van der Waals surface area contributed by atoms with E-state index in [2.05, 4.69) is 0 Å². The van der Waals surface area contributed by atoms with Crippen molar-refractivity contribution in [3.63, 3.8) is 0 Å². The summed E-state index contributed by atoms with van der Waals surface area (Å²) < 4.78 is -0.579. The highest BCUT2D eigenvalue weighted by atomic mass is 127. The summed E-state index contributed by atoms with van der Waals surface area (Å²) in [4.78, 5) is 11.3. The van der Waals surface area contributed by atoms with Gasteiger partial charge >= 0.3 is 0 Å². The molecule has 1 unspecified atom stereocenters. The number of alkyl halides is 1. The van der Waals surface area contributed by atoms with Crippen LogP contribution in [-0.4, -0.2) is 9.71 Å². The van der Waals surface area contributed by atoms with Crippen LogP contribution in [0.3, 0.4) is 0 Å². The monoisotopic (exact) mass is 271 g/mol. The smallest absolute Gasteiger partial charge is 0.189 e. The molecule has 0 fully saturated rings. The van der Waals surface area contributed by atoms with Crippen LogP contribution in [0, 0.1) is 11.3 Å². The fourth-order valence-corrected chi connectivity index (χ4v) is 1.17. The van der Waals surface area contributed by atoms with E-state index in [4.69, 9.17) is 5.26 Å². The number of benzene rings is 1. The van der Waals surface area contributed by atoms with E-state index in [9.17, 15) is 4.79 Å². The van der Waals surface area contributed by atoms with Gasteiger partial charge < -0.3 is 0 Å². The van der Waals surface area contributed by atoms with E-state index >= 15 is 0 Å². The molecular weight excluding hydrogens is 265 g/mol. The Hall–Kier alpha value is -0.890. The summed E-state index contributed by atoms with van der Waals surface area (Å²) in [6, 6.07) is 10.7. The standard InChI is InChI=1S/C9H6INO/c10-8(6-11)9(12)7-4-2-1-3-5-7/h1-5,8H. The third kappa shape index (κ3) is 2.05. The SMILES string of the molecule is N#CC(I)C(=O)c1ccccc1. The Labute approximate surface area is 84.3 Å². The molecule has 0 aliphatic heterocycles. The van der Waals surface area contributed by atoms with Gasteiger partial charge in [0.2, 0.25) is 0 Å². The minimum atomic E-state index is -0.579. The molecule has 1 rings (SSSR count). The van der Waals surface area contributed by atoms with Crippen LogP contribution in [0.4, 0.5) is 0 Å². The molecule has 0 aliphatic rings. The first-order valence-electron chi connectivity index (χ1n) is 3.38. The van der Waals surface area contributed by atoms with Crippen molar-refractivity contribution in [2.75, 3.05) is 0 Å². The third-order valence-corrected chi connectivity index (χ3v) is 2.25. The lowest BCUT2D eigenvalue weighted by Gasteiger charge is -1.98. The third-order valence-electron chi connectivity index (χ3n) is 1.40. The molecule has 0 aromatic heterocycles. The van der Waals surface area contributed by atoms with Crippen LogP contribution in [-0.2, 0) is 0 Å². The van der Waals surface area contributed by atoms with Gasteiger partial charge in [0.05, 0.1) is 6.07 Å². The van der Waals surface area contributed by atoms with E-state index in [0.29, 0.717) is 5.56 Å². The number of ketones is 1. The van der Waals surface area contributed by atoms with Crippen molar-refractivity contribution in [2.45, 2.75) is 3.92 Å². The first kappa shape index (κ1) is 9.20. The van der Waals surface area contributed by atoms with E-state index in [0.717, 1.165) is 0 Å². The van der Waals surface area contributed by atoms with Crippen molar-refractivity contribution in [2.24, 2.45) is 0 Å². The van der Waals surface area contributed by atoms with E-state index in [-0.39, 0.29) is 5.78 Å². The second-order valence-corrected chi connectivity index (χ2v) is 3.47. The molecule has 2 nitrogen and oxygen atoms in total. The Morgan fingerprint density at radius 2 is 2.00 bits per heavy atom. The molecule has 1 atom stereocenters. The van der Waals surface area contributed by atoms with Crippen molar-refractivity contribution in [1.82, 2.24) is 0 Å². The van der Waals surface area contributed by atoms with Gasteiger partial charge in [-0.1, -0.05) is 52.9 Å². The molecule has 1 aromatic carbocycles. The van der Waals surface area contributed by atoms with Crippen LogP contribution in [0.15, 0.2) is 30.3 Å². The average Bonchev–Trinajstić information content (AvgIpc) is 2.17. The lowest BCUT2D eigenvalue weighted by atomic mass is 10.1. The number of hydrogen-bond donors (Lipinski definition) is 0. The second-order valence-electron chi connectivity index (χ2n) is 2.22. The van der Waals surface area contributed by atoms with Crippen LogP contribution < -0.4 is 0 Å². The summed E-state index contributed by atoms with van der Waals surface area (Å²) in [5.41, 5.74) is 0.596. The number of nitrogens with zero attached hydrogens (tertiary/aromatic N) is 1. The molecule has 0 saturated carbocycles. The van der Waals surface area contributed by atoms with Crippen molar-refractivity contribution in [1.29, 1.82) is 5.26 Å². The first-order chi connectivity index (χ1) is 5.75. The lowest BCUT2D eigenvalue weighted by Crippen LogP contribution is -2.11. The molecule has 0 bridgehead atoms. The van der Waals surface area contributed by atoms with Crippen LogP contribution in [0.2, 0.25) is 0 Å². The number of halogens is 1. The van der Waals surface area contributed by atoms with Crippen LogP contribution in [0.1, 0.15) is 10.4 Å². The molecule has 0 aliphatic carbocycles. The molecular formula is C9H6INO. The number of nitriles is 1. The minimum Gasteiger partial charge on any atom is -0.292 e. The molecule has 0 N–H and O–H groups in total. The number of carbonyl (C=O) groups is 1. The van der Waals surface area contributed by atoms with Crippen molar-refractivity contribution < 1.29 is 4.79 Å². The lowest BCUT2D eigenvalue weighted by molar-refractivity contribution is 0.101. The zero-order valence-corrected chi connectivity index (χ0v) is 8.36. The highest BCUT2D eigenvalue weighted by Gasteiger charge is 2.14. The number of hydrogen-bond acceptors (Lipinski definition) is 2. The largest absolute Gasteiger partial charge is 0.292 e. The summed E-state index contributed by atoms with van der Waals surface area (Å²) in [5.74, 6) is -0.126. The van der Waals surface area contributed by atoms with Gasteiger partial charge in [-0.2, -0.15) is 5.26 Å². The number of rotatable bonds is 2. The normalized spacial score (nSPS) is 11.7. The molecule has 60 valence electrons. The van der Waals surface area contributed by atoms with Gasteiger partial charge in [0.25, 0.3) is 0 Å². The summed E-state index contributed by atoms with van der Waals surface area (Å²) in [7, 11) is 0. The maximum Gasteiger partial charge on any atom is 0.189 e.